The van der Waals surface area contributed by atoms with Gasteiger partial charge in [0.2, 0.25) is 0 Å². The van der Waals surface area contributed by atoms with E-state index in [9.17, 15) is 9.90 Å². The van der Waals surface area contributed by atoms with Crippen LogP contribution in [0.4, 0.5) is 14.5 Å². The van der Waals surface area contributed by atoms with Gasteiger partial charge in [0, 0.05) is 38.0 Å². The number of aryl methyl sites for hydroxylation is 1. The van der Waals surface area contributed by atoms with Crippen LogP contribution < -0.4 is 5.32 Å². The van der Waals surface area contributed by atoms with Gasteiger partial charge in [-0.1, -0.05) is 18.2 Å². The number of allylic oxidation sites excluding steroid dienone is 1. The molecule has 7 heteroatoms. The molecular weight excluding hydrogens is 450 g/mol. The Bertz CT molecular complexity index is 1140. The summed E-state index contributed by atoms with van der Waals surface area (Å²) in [6, 6.07) is 8.98. The van der Waals surface area contributed by atoms with E-state index in [1.165, 1.54) is 6.20 Å². The Morgan fingerprint density at radius 3 is 2.63 bits per heavy atom. The van der Waals surface area contributed by atoms with Gasteiger partial charge in [-0.3, -0.25) is 4.90 Å². The maximum Gasteiger partial charge on any atom is 0.335 e. The summed E-state index contributed by atoms with van der Waals surface area (Å²) in [5.74, 6) is -3.66. The third kappa shape index (κ3) is 4.71. The molecule has 1 saturated heterocycles. The van der Waals surface area contributed by atoms with E-state index >= 15 is 8.78 Å². The number of piperidine rings is 1. The quantitative estimate of drug-likeness (QED) is 0.482. The summed E-state index contributed by atoms with van der Waals surface area (Å²) in [6.45, 7) is 5.64. The van der Waals surface area contributed by atoms with Gasteiger partial charge in [-0.05, 0) is 79.8 Å². The number of nitrogens with zero attached hydrogens (tertiary/aromatic N) is 1. The number of nitrogens with one attached hydrogen (secondary N) is 1. The summed E-state index contributed by atoms with van der Waals surface area (Å²) in [4.78, 5) is 13.6. The van der Waals surface area contributed by atoms with Gasteiger partial charge in [0.15, 0.2) is 0 Å². The first-order valence-electron chi connectivity index (χ1n) is 12.5. The zero-order valence-electron chi connectivity index (χ0n) is 20.2. The highest BCUT2D eigenvalue weighted by atomic mass is 19.3. The van der Waals surface area contributed by atoms with Crippen molar-refractivity contribution in [2.45, 2.75) is 70.1 Å². The first-order valence-corrected chi connectivity index (χ1v) is 12.5. The van der Waals surface area contributed by atoms with Gasteiger partial charge in [-0.2, -0.15) is 8.78 Å². The second-order valence-electron chi connectivity index (χ2n) is 9.90. The third-order valence-electron chi connectivity index (χ3n) is 7.51. The summed E-state index contributed by atoms with van der Waals surface area (Å²) >= 11 is 0. The Hall–Kier alpha value is -2.77. The maximum atomic E-state index is 15.3. The van der Waals surface area contributed by atoms with Gasteiger partial charge in [-0.15, -0.1) is 0 Å². The zero-order chi connectivity index (χ0) is 24.7. The first-order chi connectivity index (χ1) is 16.8. The summed E-state index contributed by atoms with van der Waals surface area (Å²) < 4.78 is 36.6. The van der Waals surface area contributed by atoms with Crippen LogP contribution >= 0.6 is 0 Å². The molecule has 0 unspecified atom stereocenters. The smallest absolute Gasteiger partial charge is 0.335 e. The lowest BCUT2D eigenvalue weighted by atomic mass is 9.86. The number of halogens is 2. The molecule has 1 saturated carbocycles. The highest BCUT2D eigenvalue weighted by Gasteiger charge is 2.41. The van der Waals surface area contributed by atoms with Crippen LogP contribution in [0.3, 0.4) is 0 Å². The van der Waals surface area contributed by atoms with E-state index in [1.54, 1.807) is 12.1 Å². The van der Waals surface area contributed by atoms with E-state index < -0.39 is 11.9 Å². The summed E-state index contributed by atoms with van der Waals surface area (Å²) in [6.07, 6.45) is 6.02. The van der Waals surface area contributed by atoms with Crippen molar-refractivity contribution in [2.75, 3.05) is 18.5 Å². The fourth-order valence-corrected chi connectivity index (χ4v) is 5.64. The van der Waals surface area contributed by atoms with Crippen LogP contribution in [-0.2, 0) is 17.2 Å². The molecule has 2 aliphatic heterocycles. The molecule has 0 spiro atoms. The van der Waals surface area contributed by atoms with Crippen LogP contribution in [0.1, 0.15) is 82.7 Å². The van der Waals surface area contributed by atoms with Crippen molar-refractivity contribution in [3.05, 3.63) is 76.0 Å². The molecule has 3 aliphatic rings. The number of fused-ring (bicyclic) bond motifs is 1. The molecule has 2 fully saturated rings. The first kappa shape index (κ1) is 23.9. The molecule has 5 rings (SSSR count). The lowest BCUT2D eigenvalue weighted by Crippen LogP contribution is -2.40. The standard InChI is InChI=1S/C28H32F2N2O3/c1-3-35-21-10-13-32(24(15-21)19-6-8-20(9-7-19)27(33)34)16-23-22(18-4-5-18)14-17(2)26-25(23)28(29,30)11-12-31-26/h6-9,11-12,14,18,21,24,31H,3-5,10,13,15-16H2,1-2H3,(H,33,34)/t21-,24-/m0/s1. The van der Waals surface area contributed by atoms with Gasteiger partial charge >= 0.3 is 5.97 Å². The molecular formula is C28H32F2N2O3. The van der Waals surface area contributed by atoms with Crippen molar-refractivity contribution in [1.82, 2.24) is 4.90 Å². The Morgan fingerprint density at radius 2 is 1.97 bits per heavy atom. The third-order valence-corrected chi connectivity index (χ3v) is 7.51. The van der Waals surface area contributed by atoms with E-state index in [2.05, 4.69) is 16.3 Å². The second kappa shape index (κ2) is 9.36. The number of carboxylic acid groups (broad SMARTS) is 1. The summed E-state index contributed by atoms with van der Waals surface area (Å²) in [5, 5.41) is 12.4. The number of alkyl halides is 2. The summed E-state index contributed by atoms with van der Waals surface area (Å²) in [7, 11) is 0. The molecule has 0 amide bonds. The predicted molar refractivity (Wildman–Crippen MR) is 131 cm³/mol. The number of hydrogen-bond acceptors (Lipinski definition) is 4. The van der Waals surface area contributed by atoms with Crippen molar-refractivity contribution in [3.8, 4) is 0 Å². The van der Waals surface area contributed by atoms with Gasteiger partial charge in [0.1, 0.15) is 0 Å². The fourth-order valence-electron chi connectivity index (χ4n) is 5.64. The van der Waals surface area contributed by atoms with Crippen LogP contribution in [0, 0.1) is 6.92 Å². The van der Waals surface area contributed by atoms with E-state index in [0.29, 0.717) is 24.8 Å². The van der Waals surface area contributed by atoms with Crippen molar-refractivity contribution in [3.63, 3.8) is 0 Å². The maximum absolute atomic E-state index is 15.3. The van der Waals surface area contributed by atoms with Gasteiger partial charge in [0.05, 0.1) is 22.9 Å². The molecule has 186 valence electrons. The fraction of sp³-hybridized carbons (Fsp3) is 0.464. The largest absolute Gasteiger partial charge is 0.478 e. The average molecular weight is 483 g/mol. The van der Waals surface area contributed by atoms with Gasteiger partial charge in [-0.25, -0.2) is 4.79 Å². The molecule has 0 bridgehead atoms. The van der Waals surface area contributed by atoms with Crippen molar-refractivity contribution >= 4 is 11.7 Å². The highest BCUT2D eigenvalue weighted by molar-refractivity contribution is 5.87. The van der Waals surface area contributed by atoms with Crippen LogP contribution in [0.2, 0.25) is 0 Å². The number of anilines is 1. The number of carbonyl (C=O) groups is 1. The molecule has 2 aromatic rings. The zero-order valence-corrected chi connectivity index (χ0v) is 20.2. The SMILES string of the molecule is CCO[C@H]1CCN(Cc2c(C3CC3)cc(C)c3c2C(F)(F)C=CN3)[C@H](c2ccc(C(=O)O)cc2)C1. The van der Waals surface area contributed by atoms with E-state index in [0.717, 1.165) is 60.6 Å². The van der Waals surface area contributed by atoms with Crippen LogP contribution in [0.5, 0.6) is 0 Å². The van der Waals surface area contributed by atoms with Crippen LogP contribution in [0.25, 0.3) is 0 Å². The number of likely N-dealkylation sites (tertiary alicyclic amines) is 1. The Kier molecular flexibility index (Phi) is 6.40. The molecule has 2 aromatic carbocycles. The summed E-state index contributed by atoms with van der Waals surface area (Å²) in [5.41, 5.74) is 4.47. The van der Waals surface area contributed by atoms with Crippen molar-refractivity contribution in [2.24, 2.45) is 0 Å². The Labute approximate surface area is 204 Å². The monoisotopic (exact) mass is 482 g/mol. The molecule has 2 N–H and O–H groups in total. The minimum Gasteiger partial charge on any atom is -0.478 e. The second-order valence-corrected chi connectivity index (χ2v) is 9.90. The molecule has 35 heavy (non-hydrogen) atoms. The number of aromatic carboxylic acids is 1. The number of benzene rings is 2. The Morgan fingerprint density at radius 1 is 1.23 bits per heavy atom. The van der Waals surface area contributed by atoms with Gasteiger partial charge in [0.25, 0.3) is 5.92 Å². The number of hydrogen-bond donors (Lipinski definition) is 2. The van der Waals surface area contributed by atoms with E-state index in [1.807, 2.05) is 26.0 Å². The van der Waals surface area contributed by atoms with Crippen LogP contribution in [-0.4, -0.2) is 35.2 Å². The van der Waals surface area contributed by atoms with E-state index in [4.69, 9.17) is 4.74 Å². The molecule has 5 nitrogen and oxygen atoms in total. The normalized spacial score (nSPS) is 23.5. The molecule has 0 radical (unpaired) electrons. The lowest BCUT2D eigenvalue weighted by Gasteiger charge is -2.41. The lowest BCUT2D eigenvalue weighted by molar-refractivity contribution is -0.0147. The number of ether oxygens (including phenoxy) is 1. The number of rotatable bonds is 7. The Balaban J connectivity index is 1.54. The van der Waals surface area contributed by atoms with E-state index in [-0.39, 0.29) is 23.3 Å². The molecule has 1 aliphatic carbocycles. The topological polar surface area (TPSA) is 61.8 Å². The molecule has 0 aromatic heterocycles. The van der Waals surface area contributed by atoms with Crippen molar-refractivity contribution in [1.29, 1.82) is 0 Å². The number of carboxylic acids is 1. The van der Waals surface area contributed by atoms with Gasteiger partial charge < -0.3 is 15.2 Å². The van der Waals surface area contributed by atoms with Crippen molar-refractivity contribution < 1.29 is 23.4 Å². The van der Waals surface area contributed by atoms with Crippen LogP contribution in [0.15, 0.2) is 42.6 Å². The molecule has 2 heterocycles. The highest BCUT2D eigenvalue weighted by Crippen LogP contribution is 2.50. The molecule has 2 atom stereocenters. The minimum absolute atomic E-state index is 0.0483. The minimum atomic E-state index is -3.03. The average Bonchev–Trinajstić information content (AvgIpc) is 3.67. The predicted octanol–water partition coefficient (Wildman–Crippen LogP) is 6.34.